The molecule has 1 aromatic carbocycles. The summed E-state index contributed by atoms with van der Waals surface area (Å²) in [7, 11) is -3.71. The van der Waals surface area contributed by atoms with Crippen molar-refractivity contribution < 1.29 is 8.42 Å². The monoisotopic (exact) mass is 325 g/mol. The second-order valence-electron chi connectivity index (χ2n) is 4.53. The molecule has 0 fully saturated rings. The van der Waals surface area contributed by atoms with Gasteiger partial charge in [-0.1, -0.05) is 48.9 Å². The molecule has 1 heterocycles. The Labute approximate surface area is 129 Å². The fourth-order valence-corrected chi connectivity index (χ4v) is 3.41. The van der Waals surface area contributed by atoms with Gasteiger partial charge in [-0.05, 0) is 18.1 Å². The van der Waals surface area contributed by atoms with E-state index in [9.17, 15) is 8.42 Å². The maximum Gasteiger partial charge on any atom is 0.242 e. The topological polar surface area (TPSA) is 85.1 Å². The number of hydrogen-bond acceptors (Lipinski definition) is 4. The molecule has 0 saturated heterocycles. The number of benzene rings is 1. The van der Waals surface area contributed by atoms with Crippen LogP contribution in [0.5, 0.6) is 0 Å². The molecule has 0 aliphatic heterocycles. The number of hydrogen-bond donors (Lipinski definition) is 2. The first kappa shape index (κ1) is 15.8. The van der Waals surface area contributed by atoms with Crippen LogP contribution in [0.2, 0.25) is 5.02 Å². The van der Waals surface area contributed by atoms with Gasteiger partial charge in [0, 0.05) is 12.2 Å². The van der Waals surface area contributed by atoms with Gasteiger partial charge < -0.3 is 5.73 Å². The van der Waals surface area contributed by atoms with Crippen molar-refractivity contribution in [3.63, 3.8) is 0 Å². The first-order valence-corrected chi connectivity index (χ1v) is 8.28. The molecule has 7 heteroatoms. The fraction of sp³-hybridized carbons (Fsp3) is 0.214. The van der Waals surface area contributed by atoms with Crippen molar-refractivity contribution in [3.8, 4) is 0 Å². The van der Waals surface area contributed by atoms with Crippen molar-refractivity contribution in [2.75, 3.05) is 5.73 Å². The average molecular weight is 326 g/mol. The summed E-state index contributed by atoms with van der Waals surface area (Å²) in [5, 5.41) is 0.116. The van der Waals surface area contributed by atoms with E-state index in [1.54, 1.807) is 0 Å². The molecular weight excluding hydrogens is 310 g/mol. The van der Waals surface area contributed by atoms with Crippen molar-refractivity contribution in [2.45, 2.75) is 24.3 Å². The number of sulfonamides is 1. The van der Waals surface area contributed by atoms with E-state index in [1.807, 2.05) is 37.3 Å². The van der Waals surface area contributed by atoms with Gasteiger partial charge in [-0.2, -0.15) is 0 Å². The molecule has 21 heavy (non-hydrogen) atoms. The van der Waals surface area contributed by atoms with Gasteiger partial charge in [0.1, 0.15) is 10.7 Å². The summed E-state index contributed by atoms with van der Waals surface area (Å²) in [5.74, 6) is 0.103. The van der Waals surface area contributed by atoms with E-state index in [2.05, 4.69) is 9.71 Å². The van der Waals surface area contributed by atoms with Gasteiger partial charge in [0.15, 0.2) is 0 Å². The highest BCUT2D eigenvalue weighted by atomic mass is 35.5. The minimum absolute atomic E-state index is 0.00363. The van der Waals surface area contributed by atoms with Crippen LogP contribution >= 0.6 is 11.6 Å². The van der Waals surface area contributed by atoms with Crippen molar-refractivity contribution in [2.24, 2.45) is 0 Å². The van der Waals surface area contributed by atoms with E-state index in [-0.39, 0.29) is 21.8 Å². The lowest BCUT2D eigenvalue weighted by Crippen LogP contribution is -2.28. The highest BCUT2D eigenvalue weighted by Gasteiger charge is 2.21. The van der Waals surface area contributed by atoms with Crippen molar-refractivity contribution in [1.29, 1.82) is 0 Å². The lowest BCUT2D eigenvalue weighted by atomic mass is 10.1. The molecule has 0 aliphatic rings. The number of aromatic nitrogens is 1. The highest BCUT2D eigenvalue weighted by molar-refractivity contribution is 7.89. The molecule has 0 spiro atoms. The number of pyridine rings is 1. The molecule has 2 rings (SSSR count). The zero-order valence-electron chi connectivity index (χ0n) is 11.5. The van der Waals surface area contributed by atoms with E-state index >= 15 is 0 Å². The second-order valence-corrected chi connectivity index (χ2v) is 6.65. The molecule has 0 radical (unpaired) electrons. The number of halogens is 1. The Morgan fingerprint density at radius 3 is 2.57 bits per heavy atom. The molecule has 0 saturated carbocycles. The Morgan fingerprint density at radius 1 is 1.33 bits per heavy atom. The Balaban J connectivity index is 2.29. The summed E-state index contributed by atoms with van der Waals surface area (Å²) in [4.78, 5) is 3.77. The predicted molar refractivity (Wildman–Crippen MR) is 83.5 cm³/mol. The number of nitrogen functional groups attached to an aromatic ring is 1. The maximum absolute atomic E-state index is 12.4. The van der Waals surface area contributed by atoms with Crippen LogP contribution in [0.1, 0.15) is 24.9 Å². The van der Waals surface area contributed by atoms with Crippen LogP contribution in [0.25, 0.3) is 0 Å². The molecule has 2 aromatic rings. The molecule has 0 aliphatic carbocycles. The van der Waals surface area contributed by atoms with Gasteiger partial charge >= 0.3 is 0 Å². The van der Waals surface area contributed by atoms with Gasteiger partial charge in [-0.15, -0.1) is 0 Å². The van der Waals surface area contributed by atoms with Gasteiger partial charge in [-0.25, -0.2) is 18.1 Å². The number of nitrogens with zero attached hydrogens (tertiary/aromatic N) is 1. The molecule has 3 N–H and O–H groups in total. The highest BCUT2D eigenvalue weighted by Crippen LogP contribution is 2.23. The number of anilines is 1. The molecule has 5 nitrogen and oxygen atoms in total. The van der Waals surface area contributed by atoms with Gasteiger partial charge in [0.2, 0.25) is 10.0 Å². The lowest BCUT2D eigenvalue weighted by Gasteiger charge is -2.17. The van der Waals surface area contributed by atoms with E-state index < -0.39 is 10.0 Å². The van der Waals surface area contributed by atoms with Gasteiger partial charge in [-0.3, -0.25) is 0 Å². The van der Waals surface area contributed by atoms with Crippen LogP contribution < -0.4 is 10.5 Å². The smallest absolute Gasteiger partial charge is 0.242 e. The van der Waals surface area contributed by atoms with Crippen molar-refractivity contribution in [1.82, 2.24) is 9.71 Å². The molecule has 1 unspecified atom stereocenters. The van der Waals surface area contributed by atoms with Crippen molar-refractivity contribution in [3.05, 3.63) is 53.2 Å². The lowest BCUT2D eigenvalue weighted by molar-refractivity contribution is 0.550. The average Bonchev–Trinajstić information content (AvgIpc) is 2.48. The zero-order chi connectivity index (χ0) is 15.5. The Kier molecular flexibility index (Phi) is 4.82. The van der Waals surface area contributed by atoms with E-state index in [0.717, 1.165) is 5.56 Å². The van der Waals surface area contributed by atoms with Crippen LogP contribution in [-0.2, 0) is 10.0 Å². The summed E-state index contributed by atoms with van der Waals surface area (Å²) >= 11 is 5.83. The predicted octanol–water partition coefficient (Wildman–Crippen LogP) is 2.75. The van der Waals surface area contributed by atoms with Crippen LogP contribution in [0.3, 0.4) is 0 Å². The minimum atomic E-state index is -3.71. The Hall–Kier alpha value is -1.63. The van der Waals surface area contributed by atoms with E-state index in [1.165, 1.54) is 12.3 Å². The maximum atomic E-state index is 12.4. The van der Waals surface area contributed by atoms with Gasteiger partial charge in [0.25, 0.3) is 0 Å². The van der Waals surface area contributed by atoms with Crippen LogP contribution in [0, 0.1) is 0 Å². The molecule has 1 aromatic heterocycles. The largest absolute Gasteiger partial charge is 0.382 e. The zero-order valence-corrected chi connectivity index (χ0v) is 13.0. The third-order valence-corrected chi connectivity index (χ3v) is 4.80. The number of nitrogens with two attached hydrogens (primary N) is 1. The molecular formula is C14H16ClN3O2S. The summed E-state index contributed by atoms with van der Waals surface area (Å²) in [6, 6.07) is 10.4. The molecule has 112 valence electrons. The van der Waals surface area contributed by atoms with Crippen LogP contribution in [-0.4, -0.2) is 13.4 Å². The van der Waals surface area contributed by atoms with Gasteiger partial charge in [0.05, 0.1) is 5.02 Å². The molecule has 0 bridgehead atoms. The van der Waals surface area contributed by atoms with Crippen LogP contribution in [0.15, 0.2) is 47.5 Å². The fourth-order valence-electron chi connectivity index (χ4n) is 1.91. The molecule has 0 amide bonds. The summed E-state index contributed by atoms with van der Waals surface area (Å²) in [6.07, 6.45) is 1.82. The molecule has 1 atom stereocenters. The summed E-state index contributed by atoms with van der Waals surface area (Å²) in [5.41, 5.74) is 6.39. The number of rotatable bonds is 5. The Bertz CT molecular complexity index is 720. The third kappa shape index (κ3) is 3.72. The third-order valence-electron chi connectivity index (χ3n) is 3.06. The first-order valence-electron chi connectivity index (χ1n) is 6.42. The summed E-state index contributed by atoms with van der Waals surface area (Å²) in [6.45, 7) is 1.91. The normalized spacial score (nSPS) is 13.0. The minimum Gasteiger partial charge on any atom is -0.382 e. The quantitative estimate of drug-likeness (QED) is 0.885. The van der Waals surface area contributed by atoms with E-state index in [4.69, 9.17) is 17.3 Å². The van der Waals surface area contributed by atoms with Crippen LogP contribution in [0.4, 0.5) is 5.82 Å². The van der Waals surface area contributed by atoms with E-state index in [0.29, 0.717) is 6.42 Å². The van der Waals surface area contributed by atoms with Crippen molar-refractivity contribution >= 4 is 27.4 Å². The first-order chi connectivity index (χ1) is 9.94. The SMILES string of the molecule is CCC(NS(=O)(=O)c1cnc(N)c(Cl)c1)c1ccccc1. The second kappa shape index (κ2) is 6.43. The summed E-state index contributed by atoms with van der Waals surface area (Å²) < 4.78 is 27.4. The Morgan fingerprint density at radius 2 is 2.00 bits per heavy atom. The standard InChI is InChI=1S/C14H16ClN3O2S/c1-2-13(10-6-4-3-5-7-10)18-21(19,20)11-8-12(15)14(16)17-9-11/h3-9,13,18H,2H2,1H3,(H2,16,17). The number of nitrogens with one attached hydrogen (secondary N) is 1.